The first-order valence-corrected chi connectivity index (χ1v) is 8.69. The lowest BCUT2D eigenvalue weighted by Crippen LogP contribution is -2.41. The molecule has 0 spiro atoms. The van der Waals surface area contributed by atoms with E-state index in [9.17, 15) is 0 Å². The molecule has 1 saturated heterocycles. The van der Waals surface area contributed by atoms with E-state index < -0.39 is 0 Å². The predicted octanol–water partition coefficient (Wildman–Crippen LogP) is 2.61. The van der Waals surface area contributed by atoms with Crippen LogP contribution in [0.2, 0.25) is 0 Å². The smallest absolute Gasteiger partial charge is 0.193 e. The first kappa shape index (κ1) is 16.8. The van der Waals surface area contributed by atoms with Crippen molar-refractivity contribution < 1.29 is 0 Å². The molecule has 2 rings (SSSR count). The summed E-state index contributed by atoms with van der Waals surface area (Å²) in [6, 6.07) is 0. The van der Waals surface area contributed by atoms with E-state index in [-0.39, 0.29) is 0 Å². The highest BCUT2D eigenvalue weighted by Crippen LogP contribution is 2.28. The maximum atomic E-state index is 4.46. The first-order valence-electron chi connectivity index (χ1n) is 8.69. The van der Waals surface area contributed by atoms with Gasteiger partial charge in [-0.3, -0.25) is 4.99 Å². The van der Waals surface area contributed by atoms with Crippen LogP contribution in [0.3, 0.4) is 0 Å². The second-order valence-corrected chi connectivity index (χ2v) is 6.20. The number of aromatic nitrogens is 2. The second kappa shape index (κ2) is 8.81. The van der Waals surface area contributed by atoms with Gasteiger partial charge in [0.15, 0.2) is 5.96 Å². The standard InChI is InChI=1S/C17H31N5/c1-4-15(5-2)16-7-11-22(13-16)17(18-3)20-8-6-10-21-12-9-19-14-21/h9,12,14-16H,4-8,10-11,13H2,1-3H3,(H,18,20). The second-order valence-electron chi connectivity index (χ2n) is 6.20. The van der Waals surface area contributed by atoms with Gasteiger partial charge in [-0.1, -0.05) is 26.7 Å². The van der Waals surface area contributed by atoms with Gasteiger partial charge in [0.05, 0.1) is 6.33 Å². The Bertz CT molecular complexity index is 436. The van der Waals surface area contributed by atoms with Crippen LogP contribution >= 0.6 is 0 Å². The number of guanidine groups is 1. The van der Waals surface area contributed by atoms with Gasteiger partial charge in [0.2, 0.25) is 0 Å². The number of likely N-dealkylation sites (tertiary alicyclic amines) is 1. The van der Waals surface area contributed by atoms with Crippen molar-refractivity contribution in [2.45, 2.75) is 46.1 Å². The molecule has 5 heteroatoms. The van der Waals surface area contributed by atoms with E-state index in [1.165, 1.54) is 19.3 Å². The fourth-order valence-electron chi connectivity index (χ4n) is 3.53. The van der Waals surface area contributed by atoms with Gasteiger partial charge in [0.25, 0.3) is 0 Å². The average Bonchev–Trinajstić information content (AvgIpc) is 3.21. The van der Waals surface area contributed by atoms with Crippen molar-refractivity contribution in [3.63, 3.8) is 0 Å². The van der Waals surface area contributed by atoms with Crippen molar-refractivity contribution in [2.24, 2.45) is 16.8 Å². The van der Waals surface area contributed by atoms with Crippen LogP contribution in [-0.4, -0.2) is 47.1 Å². The Morgan fingerprint density at radius 2 is 2.23 bits per heavy atom. The molecule has 1 fully saturated rings. The summed E-state index contributed by atoms with van der Waals surface area (Å²) in [5.74, 6) is 2.77. The molecule has 1 aromatic rings. The van der Waals surface area contributed by atoms with E-state index in [0.717, 1.165) is 50.4 Å². The Kier molecular flexibility index (Phi) is 6.74. The lowest BCUT2D eigenvalue weighted by atomic mass is 9.87. The van der Waals surface area contributed by atoms with Crippen LogP contribution in [0.4, 0.5) is 0 Å². The summed E-state index contributed by atoms with van der Waals surface area (Å²) < 4.78 is 2.11. The van der Waals surface area contributed by atoms with E-state index in [1.807, 2.05) is 25.8 Å². The maximum absolute atomic E-state index is 4.46. The van der Waals surface area contributed by atoms with Crippen LogP contribution in [0.25, 0.3) is 0 Å². The summed E-state index contributed by atoms with van der Waals surface area (Å²) in [7, 11) is 1.89. The van der Waals surface area contributed by atoms with Gasteiger partial charge in [0.1, 0.15) is 0 Å². The molecule has 0 saturated carbocycles. The molecule has 22 heavy (non-hydrogen) atoms. The van der Waals surface area contributed by atoms with E-state index in [0.29, 0.717) is 0 Å². The molecule has 1 N–H and O–H groups in total. The van der Waals surface area contributed by atoms with Crippen LogP contribution in [0.5, 0.6) is 0 Å². The number of hydrogen-bond acceptors (Lipinski definition) is 2. The van der Waals surface area contributed by atoms with Crippen molar-refractivity contribution in [1.82, 2.24) is 19.8 Å². The van der Waals surface area contributed by atoms with Crippen molar-refractivity contribution in [3.8, 4) is 0 Å². The Morgan fingerprint density at radius 3 is 2.86 bits per heavy atom. The molecule has 1 aromatic heterocycles. The minimum Gasteiger partial charge on any atom is -0.356 e. The molecule has 5 nitrogen and oxygen atoms in total. The zero-order chi connectivity index (χ0) is 15.8. The fourth-order valence-corrected chi connectivity index (χ4v) is 3.53. The third-order valence-electron chi connectivity index (χ3n) is 4.89. The summed E-state index contributed by atoms with van der Waals surface area (Å²) in [5.41, 5.74) is 0. The van der Waals surface area contributed by atoms with Crippen molar-refractivity contribution in [1.29, 1.82) is 0 Å². The molecule has 1 aliphatic heterocycles. The van der Waals surface area contributed by atoms with Crippen molar-refractivity contribution >= 4 is 5.96 Å². The molecule has 0 amide bonds. The highest BCUT2D eigenvalue weighted by Gasteiger charge is 2.29. The Labute approximate surface area is 134 Å². The number of rotatable bonds is 7. The number of nitrogens with one attached hydrogen (secondary N) is 1. The van der Waals surface area contributed by atoms with Gasteiger partial charge in [-0.25, -0.2) is 4.98 Å². The van der Waals surface area contributed by atoms with Gasteiger partial charge in [-0.2, -0.15) is 0 Å². The lowest BCUT2D eigenvalue weighted by molar-refractivity contribution is 0.319. The number of hydrogen-bond donors (Lipinski definition) is 1. The Hall–Kier alpha value is -1.52. The quantitative estimate of drug-likeness (QED) is 0.478. The molecule has 1 unspecified atom stereocenters. The summed E-state index contributed by atoms with van der Waals surface area (Å²) in [4.78, 5) is 11.0. The van der Waals surface area contributed by atoms with Crippen molar-refractivity contribution in [2.75, 3.05) is 26.7 Å². The van der Waals surface area contributed by atoms with Crippen LogP contribution < -0.4 is 5.32 Å². The fraction of sp³-hybridized carbons (Fsp3) is 0.765. The largest absolute Gasteiger partial charge is 0.356 e. The molecule has 0 radical (unpaired) electrons. The third kappa shape index (κ3) is 4.49. The van der Waals surface area contributed by atoms with Crippen molar-refractivity contribution in [3.05, 3.63) is 18.7 Å². The predicted molar refractivity (Wildman–Crippen MR) is 92.0 cm³/mol. The highest BCUT2D eigenvalue weighted by atomic mass is 15.3. The Morgan fingerprint density at radius 1 is 1.41 bits per heavy atom. The molecular formula is C17H31N5. The SMILES string of the molecule is CCC(CC)C1CCN(C(=NC)NCCCn2ccnc2)C1. The van der Waals surface area contributed by atoms with E-state index in [4.69, 9.17) is 0 Å². The summed E-state index contributed by atoms with van der Waals surface area (Å²) in [6.07, 6.45) is 10.7. The first-order chi connectivity index (χ1) is 10.8. The van der Waals surface area contributed by atoms with Crippen LogP contribution in [0.1, 0.15) is 39.5 Å². The minimum atomic E-state index is 0.833. The molecule has 0 aliphatic carbocycles. The Balaban J connectivity index is 1.73. The number of imidazole rings is 1. The summed E-state index contributed by atoms with van der Waals surface area (Å²) >= 11 is 0. The number of aryl methyl sites for hydroxylation is 1. The molecule has 0 aromatic carbocycles. The minimum absolute atomic E-state index is 0.833. The molecule has 0 bridgehead atoms. The topological polar surface area (TPSA) is 45.5 Å². The lowest BCUT2D eigenvalue weighted by Gasteiger charge is -2.24. The molecular weight excluding hydrogens is 274 g/mol. The third-order valence-corrected chi connectivity index (χ3v) is 4.89. The van der Waals surface area contributed by atoms with Gasteiger partial charge in [0, 0.05) is 45.6 Å². The summed E-state index contributed by atoms with van der Waals surface area (Å²) in [5, 5.41) is 3.51. The van der Waals surface area contributed by atoms with Crippen LogP contribution in [0, 0.1) is 11.8 Å². The molecule has 1 aliphatic rings. The highest BCUT2D eigenvalue weighted by molar-refractivity contribution is 5.80. The van der Waals surface area contributed by atoms with E-state index >= 15 is 0 Å². The number of nitrogens with zero attached hydrogens (tertiary/aromatic N) is 4. The molecule has 124 valence electrons. The van der Waals surface area contributed by atoms with Gasteiger partial charge in [-0.15, -0.1) is 0 Å². The monoisotopic (exact) mass is 305 g/mol. The number of aliphatic imine (C=N–C) groups is 1. The summed E-state index contributed by atoms with van der Waals surface area (Å²) in [6.45, 7) is 8.90. The zero-order valence-corrected chi connectivity index (χ0v) is 14.3. The van der Waals surface area contributed by atoms with Gasteiger partial charge >= 0.3 is 0 Å². The van der Waals surface area contributed by atoms with Crippen LogP contribution in [0.15, 0.2) is 23.7 Å². The van der Waals surface area contributed by atoms with Gasteiger partial charge < -0.3 is 14.8 Å². The average molecular weight is 305 g/mol. The molecule has 2 heterocycles. The van der Waals surface area contributed by atoms with E-state index in [2.05, 4.69) is 38.6 Å². The van der Waals surface area contributed by atoms with E-state index in [1.54, 1.807) is 0 Å². The maximum Gasteiger partial charge on any atom is 0.193 e. The normalized spacial score (nSPS) is 19.2. The van der Waals surface area contributed by atoms with Crippen LogP contribution in [-0.2, 0) is 6.54 Å². The van der Waals surface area contributed by atoms with Gasteiger partial charge in [-0.05, 0) is 24.7 Å². The zero-order valence-electron chi connectivity index (χ0n) is 14.3. The molecule has 1 atom stereocenters.